The lowest BCUT2D eigenvalue weighted by Crippen LogP contribution is -2.32. The molecule has 25 heavy (non-hydrogen) atoms. The van der Waals surface area contributed by atoms with Gasteiger partial charge in [0.05, 0.1) is 6.04 Å². The molecule has 1 aliphatic rings. The molecule has 0 spiro atoms. The van der Waals surface area contributed by atoms with Gasteiger partial charge in [-0.3, -0.25) is 0 Å². The largest absolute Gasteiger partial charge is 0.484 e. The zero-order valence-corrected chi connectivity index (χ0v) is 15.0. The molecule has 1 aliphatic carbocycles. The van der Waals surface area contributed by atoms with E-state index in [9.17, 15) is 0 Å². The van der Waals surface area contributed by atoms with Gasteiger partial charge in [0, 0.05) is 0 Å². The summed E-state index contributed by atoms with van der Waals surface area (Å²) in [4.78, 5) is 0. The van der Waals surface area contributed by atoms with E-state index in [0.717, 1.165) is 12.2 Å². The van der Waals surface area contributed by atoms with Gasteiger partial charge in [0.25, 0.3) is 0 Å². The van der Waals surface area contributed by atoms with Crippen molar-refractivity contribution in [3.8, 4) is 16.9 Å². The topological polar surface area (TPSA) is 21.3 Å². The fraction of sp³-hybridized carbons (Fsp3) is 0.182. The summed E-state index contributed by atoms with van der Waals surface area (Å²) in [7, 11) is 2.01. The highest BCUT2D eigenvalue weighted by atomic mass is 35.5. The molecule has 2 nitrogen and oxygen atoms in total. The maximum atomic E-state index is 6.33. The average molecular weight is 352 g/mol. The van der Waals surface area contributed by atoms with Gasteiger partial charge in [0.15, 0.2) is 0 Å². The number of hydrogen-bond acceptors (Lipinski definition) is 2. The van der Waals surface area contributed by atoms with Gasteiger partial charge in [0.2, 0.25) is 0 Å². The molecule has 2 atom stereocenters. The summed E-state index contributed by atoms with van der Waals surface area (Å²) >= 11 is 0. The van der Waals surface area contributed by atoms with Crippen molar-refractivity contribution in [1.29, 1.82) is 0 Å². The maximum Gasteiger partial charge on any atom is 0.140 e. The lowest BCUT2D eigenvalue weighted by Gasteiger charge is -2.22. The van der Waals surface area contributed by atoms with Gasteiger partial charge in [-0.05, 0) is 47.9 Å². The van der Waals surface area contributed by atoms with E-state index in [0.29, 0.717) is 6.04 Å². The van der Waals surface area contributed by atoms with Crippen LogP contribution < -0.4 is 10.1 Å². The standard InChI is InChI=1S/C22H21NO.ClH/c1-23-21-15-18-9-5-6-10-20(18)22(21)24-19-13-11-17(12-14-19)16-7-3-2-4-8-16;/h2-14,21-23H,15H2,1H3;1H/t21-,22+;/m0./s1. The molecule has 0 bridgehead atoms. The van der Waals surface area contributed by atoms with Crippen LogP contribution in [0.4, 0.5) is 0 Å². The Morgan fingerprint density at radius 3 is 2.16 bits per heavy atom. The number of hydrogen-bond donors (Lipinski definition) is 1. The number of ether oxygens (including phenoxy) is 1. The molecule has 0 heterocycles. The van der Waals surface area contributed by atoms with Crippen molar-refractivity contribution in [3.05, 3.63) is 90.0 Å². The Kier molecular flexibility index (Phi) is 5.42. The SMILES string of the molecule is CN[C@H]1Cc2ccccc2[C@H]1Oc1ccc(-c2ccccc2)cc1.Cl. The zero-order valence-electron chi connectivity index (χ0n) is 14.2. The van der Waals surface area contributed by atoms with Crippen LogP contribution in [0.1, 0.15) is 17.2 Å². The van der Waals surface area contributed by atoms with Crippen molar-refractivity contribution in [2.75, 3.05) is 7.05 Å². The van der Waals surface area contributed by atoms with E-state index >= 15 is 0 Å². The number of rotatable bonds is 4. The molecule has 128 valence electrons. The minimum absolute atomic E-state index is 0. The third-order valence-corrected chi connectivity index (χ3v) is 4.76. The average Bonchev–Trinajstić information content (AvgIpc) is 3.01. The Morgan fingerprint density at radius 1 is 0.800 bits per heavy atom. The second-order valence-electron chi connectivity index (χ2n) is 6.23. The van der Waals surface area contributed by atoms with Crippen LogP contribution in [0, 0.1) is 0 Å². The van der Waals surface area contributed by atoms with Crippen molar-refractivity contribution in [1.82, 2.24) is 5.32 Å². The van der Waals surface area contributed by atoms with Crippen molar-refractivity contribution in [2.45, 2.75) is 18.6 Å². The Bertz CT molecular complexity index is 817. The summed E-state index contributed by atoms with van der Waals surface area (Å²) in [5.74, 6) is 0.914. The van der Waals surface area contributed by atoms with Gasteiger partial charge in [-0.2, -0.15) is 0 Å². The van der Waals surface area contributed by atoms with Crippen molar-refractivity contribution in [3.63, 3.8) is 0 Å². The van der Waals surface area contributed by atoms with Gasteiger partial charge in [-0.15, -0.1) is 12.4 Å². The van der Waals surface area contributed by atoms with E-state index in [1.807, 2.05) is 13.1 Å². The minimum atomic E-state index is 0. The number of likely N-dealkylation sites (N-methyl/N-ethyl adjacent to an activating group) is 1. The van der Waals surface area contributed by atoms with E-state index in [2.05, 4.69) is 78.1 Å². The van der Waals surface area contributed by atoms with Crippen molar-refractivity contribution >= 4 is 12.4 Å². The van der Waals surface area contributed by atoms with Gasteiger partial charge >= 0.3 is 0 Å². The Balaban J connectivity index is 0.00000182. The summed E-state index contributed by atoms with van der Waals surface area (Å²) in [5, 5.41) is 3.39. The third kappa shape index (κ3) is 3.55. The highest BCUT2D eigenvalue weighted by Gasteiger charge is 2.32. The quantitative estimate of drug-likeness (QED) is 0.711. The Morgan fingerprint density at radius 2 is 1.44 bits per heavy atom. The van der Waals surface area contributed by atoms with E-state index in [-0.39, 0.29) is 18.5 Å². The van der Waals surface area contributed by atoms with E-state index < -0.39 is 0 Å². The monoisotopic (exact) mass is 351 g/mol. The number of fused-ring (bicyclic) bond motifs is 1. The third-order valence-electron chi connectivity index (χ3n) is 4.76. The van der Waals surface area contributed by atoms with Gasteiger partial charge in [0.1, 0.15) is 11.9 Å². The number of halogens is 1. The summed E-state index contributed by atoms with van der Waals surface area (Å²) in [5.41, 5.74) is 5.11. The molecule has 0 unspecified atom stereocenters. The first-order valence-electron chi connectivity index (χ1n) is 8.42. The van der Waals surface area contributed by atoms with Crippen LogP contribution in [0.15, 0.2) is 78.9 Å². The summed E-state index contributed by atoms with van der Waals surface area (Å²) < 4.78 is 6.33. The highest BCUT2D eigenvalue weighted by Crippen LogP contribution is 2.35. The van der Waals surface area contributed by atoms with E-state index in [1.54, 1.807) is 0 Å². The molecule has 3 aromatic carbocycles. The lowest BCUT2D eigenvalue weighted by atomic mass is 10.1. The summed E-state index contributed by atoms with van der Waals surface area (Å²) in [6, 6.07) is 27.7. The van der Waals surface area contributed by atoms with Crippen LogP contribution in [0.25, 0.3) is 11.1 Å². The van der Waals surface area contributed by atoms with Crippen molar-refractivity contribution < 1.29 is 4.74 Å². The van der Waals surface area contributed by atoms with E-state index in [4.69, 9.17) is 4.74 Å². The Labute approximate surface area is 155 Å². The van der Waals surface area contributed by atoms with Crippen LogP contribution in [0.2, 0.25) is 0 Å². The molecule has 0 aromatic heterocycles. The molecule has 0 saturated heterocycles. The van der Waals surface area contributed by atoms with Crippen LogP contribution in [0.5, 0.6) is 5.75 Å². The molecule has 1 N–H and O–H groups in total. The Hall–Kier alpha value is -2.29. The smallest absolute Gasteiger partial charge is 0.140 e. The minimum Gasteiger partial charge on any atom is -0.484 e. The van der Waals surface area contributed by atoms with E-state index in [1.165, 1.54) is 22.3 Å². The molecule has 0 saturated carbocycles. The molecule has 0 aliphatic heterocycles. The first kappa shape index (κ1) is 17.5. The summed E-state index contributed by atoms with van der Waals surface area (Å²) in [6.07, 6.45) is 1.08. The molecule has 0 fully saturated rings. The van der Waals surface area contributed by atoms with Crippen LogP contribution in [-0.4, -0.2) is 13.1 Å². The van der Waals surface area contributed by atoms with Crippen LogP contribution in [0.3, 0.4) is 0 Å². The molecule has 3 aromatic rings. The van der Waals surface area contributed by atoms with Gasteiger partial charge < -0.3 is 10.1 Å². The normalized spacial score (nSPS) is 18.3. The molecule has 3 heteroatoms. The van der Waals surface area contributed by atoms with Gasteiger partial charge in [-0.1, -0.05) is 66.7 Å². The number of benzene rings is 3. The maximum absolute atomic E-state index is 6.33. The second kappa shape index (κ2) is 7.73. The van der Waals surface area contributed by atoms with Crippen LogP contribution >= 0.6 is 12.4 Å². The van der Waals surface area contributed by atoms with Crippen LogP contribution in [-0.2, 0) is 6.42 Å². The second-order valence-corrected chi connectivity index (χ2v) is 6.23. The summed E-state index contributed by atoms with van der Waals surface area (Å²) in [6.45, 7) is 0. The first-order valence-corrected chi connectivity index (χ1v) is 8.42. The molecule has 0 amide bonds. The molecule has 4 rings (SSSR count). The molecular weight excluding hydrogens is 330 g/mol. The molecule has 0 radical (unpaired) electrons. The zero-order chi connectivity index (χ0) is 16.4. The number of nitrogens with one attached hydrogen (secondary N) is 1. The van der Waals surface area contributed by atoms with Crippen molar-refractivity contribution in [2.24, 2.45) is 0 Å². The predicted octanol–water partition coefficient (Wildman–Crippen LogP) is 5.04. The lowest BCUT2D eigenvalue weighted by molar-refractivity contribution is 0.172. The fourth-order valence-electron chi connectivity index (χ4n) is 3.46. The van der Waals surface area contributed by atoms with Gasteiger partial charge in [-0.25, -0.2) is 0 Å². The fourth-order valence-corrected chi connectivity index (χ4v) is 3.46. The molecular formula is C22H22ClNO. The first-order chi connectivity index (χ1) is 11.8. The highest BCUT2D eigenvalue weighted by molar-refractivity contribution is 5.85. The predicted molar refractivity (Wildman–Crippen MR) is 105 cm³/mol.